The van der Waals surface area contributed by atoms with E-state index in [0.717, 1.165) is 43.4 Å². The Morgan fingerprint density at radius 3 is 2.69 bits per heavy atom. The van der Waals surface area contributed by atoms with Gasteiger partial charge in [0.15, 0.2) is 11.5 Å². The zero-order chi connectivity index (χ0) is 10.9. The van der Waals surface area contributed by atoms with Crippen LogP contribution in [0.1, 0.15) is 47.1 Å². The van der Waals surface area contributed by atoms with Gasteiger partial charge in [0.25, 0.3) is 0 Å². The Hall–Kier alpha value is -1.22. The first-order valence-corrected chi connectivity index (χ1v) is 6.00. The number of aromatic hydroxyl groups is 2. The lowest BCUT2D eigenvalue weighted by Gasteiger charge is -2.36. The molecule has 2 atom stereocenters. The van der Waals surface area contributed by atoms with E-state index in [1.54, 1.807) is 0 Å². The van der Waals surface area contributed by atoms with Crippen molar-refractivity contribution < 1.29 is 14.9 Å². The molecule has 16 heavy (non-hydrogen) atoms. The van der Waals surface area contributed by atoms with E-state index in [4.69, 9.17) is 4.74 Å². The van der Waals surface area contributed by atoms with E-state index in [9.17, 15) is 10.2 Å². The highest BCUT2D eigenvalue weighted by Gasteiger charge is 2.48. The maximum atomic E-state index is 10.0. The second kappa shape index (κ2) is 2.72. The highest BCUT2D eigenvalue weighted by molar-refractivity contribution is 5.66. The van der Waals surface area contributed by atoms with Gasteiger partial charge in [-0.1, -0.05) is 0 Å². The van der Waals surface area contributed by atoms with Crippen molar-refractivity contribution in [3.8, 4) is 11.5 Å². The lowest BCUT2D eigenvalue weighted by molar-refractivity contribution is 0.0848. The van der Waals surface area contributed by atoms with Crippen molar-refractivity contribution in [2.45, 2.75) is 37.7 Å². The molecule has 3 nitrogen and oxygen atoms in total. The largest absolute Gasteiger partial charge is 0.504 e. The third kappa shape index (κ3) is 0.810. The van der Waals surface area contributed by atoms with Crippen molar-refractivity contribution in [2.24, 2.45) is 0 Å². The van der Waals surface area contributed by atoms with Gasteiger partial charge in [0.05, 0.1) is 6.10 Å². The molecule has 0 bridgehead atoms. The Labute approximate surface area is 93.7 Å². The average molecular weight is 218 g/mol. The quantitative estimate of drug-likeness (QED) is 0.656. The molecule has 3 heteroatoms. The molecule has 1 heterocycles. The second-order valence-corrected chi connectivity index (χ2v) is 5.02. The summed E-state index contributed by atoms with van der Waals surface area (Å²) < 4.78 is 5.60. The summed E-state index contributed by atoms with van der Waals surface area (Å²) in [7, 11) is 0. The molecular weight excluding hydrogens is 204 g/mol. The van der Waals surface area contributed by atoms with Crippen molar-refractivity contribution in [2.75, 3.05) is 6.61 Å². The Morgan fingerprint density at radius 1 is 1.00 bits per heavy atom. The first-order valence-electron chi connectivity index (χ1n) is 6.00. The van der Waals surface area contributed by atoms with E-state index in [1.807, 2.05) is 0 Å². The summed E-state index contributed by atoms with van der Waals surface area (Å²) in [5.41, 5.74) is 4.46. The summed E-state index contributed by atoms with van der Waals surface area (Å²) in [5.74, 6) is 0.673. The highest BCUT2D eigenvalue weighted by Crippen LogP contribution is 2.61. The molecule has 1 aliphatic heterocycles. The van der Waals surface area contributed by atoms with Crippen molar-refractivity contribution in [1.29, 1.82) is 0 Å². The fraction of sp³-hybridized carbons (Fsp3) is 0.538. The van der Waals surface area contributed by atoms with Gasteiger partial charge in [-0.3, -0.25) is 0 Å². The van der Waals surface area contributed by atoms with Crippen LogP contribution in [0.2, 0.25) is 0 Å². The predicted octanol–water partition coefficient (Wildman–Crippen LogP) is 2.15. The fourth-order valence-corrected chi connectivity index (χ4v) is 3.65. The molecule has 2 unspecified atom stereocenters. The Bertz CT molecular complexity index is 493. The Morgan fingerprint density at radius 2 is 1.81 bits per heavy atom. The van der Waals surface area contributed by atoms with Crippen LogP contribution in [0.25, 0.3) is 0 Å². The lowest BCUT2D eigenvalue weighted by Crippen LogP contribution is -2.23. The van der Waals surface area contributed by atoms with Crippen LogP contribution in [-0.4, -0.2) is 16.8 Å². The zero-order valence-corrected chi connectivity index (χ0v) is 8.99. The second-order valence-electron chi connectivity index (χ2n) is 5.02. The summed E-state index contributed by atoms with van der Waals surface area (Å²) in [6, 6.07) is 0. The van der Waals surface area contributed by atoms with Gasteiger partial charge in [0, 0.05) is 23.7 Å². The predicted molar refractivity (Wildman–Crippen MR) is 57.8 cm³/mol. The SMILES string of the molecule is Oc1c(O)c2c(c3c1CCC3)C1CCOC21. The first-order chi connectivity index (χ1) is 7.79. The summed E-state index contributed by atoms with van der Waals surface area (Å²) in [6.07, 6.45) is 4.16. The van der Waals surface area contributed by atoms with E-state index in [-0.39, 0.29) is 17.6 Å². The van der Waals surface area contributed by atoms with Gasteiger partial charge in [0.1, 0.15) is 0 Å². The number of benzene rings is 1. The molecule has 0 radical (unpaired) electrons. The molecule has 0 amide bonds. The standard InChI is InChI=1S/C13H14O3/c14-11-7-3-1-2-6(7)9-8-4-5-16-13(8)10(9)12(11)15/h8,13-15H,1-5H2. The van der Waals surface area contributed by atoms with Crippen LogP contribution < -0.4 is 0 Å². The molecule has 0 spiro atoms. The number of hydrogen-bond acceptors (Lipinski definition) is 3. The van der Waals surface area contributed by atoms with Crippen LogP contribution >= 0.6 is 0 Å². The van der Waals surface area contributed by atoms with Crippen LogP contribution in [0.15, 0.2) is 0 Å². The number of phenols is 2. The maximum absolute atomic E-state index is 10.0. The van der Waals surface area contributed by atoms with Gasteiger partial charge < -0.3 is 14.9 Å². The maximum Gasteiger partial charge on any atom is 0.163 e. The Balaban J connectivity index is 2.02. The van der Waals surface area contributed by atoms with Crippen LogP contribution in [0.3, 0.4) is 0 Å². The summed E-state index contributed by atoms with van der Waals surface area (Å²) in [6.45, 7) is 0.777. The molecule has 4 rings (SSSR count). The topological polar surface area (TPSA) is 49.7 Å². The normalized spacial score (nSPS) is 29.5. The smallest absolute Gasteiger partial charge is 0.163 e. The highest BCUT2D eigenvalue weighted by atomic mass is 16.5. The van der Waals surface area contributed by atoms with E-state index < -0.39 is 0 Å². The van der Waals surface area contributed by atoms with Gasteiger partial charge in [-0.2, -0.15) is 0 Å². The van der Waals surface area contributed by atoms with Crippen LogP contribution in [0.4, 0.5) is 0 Å². The molecule has 0 saturated carbocycles. The summed E-state index contributed by atoms with van der Waals surface area (Å²) in [4.78, 5) is 0. The van der Waals surface area contributed by atoms with Crippen LogP contribution in [-0.2, 0) is 17.6 Å². The van der Waals surface area contributed by atoms with E-state index >= 15 is 0 Å². The number of phenolic OH excluding ortho intramolecular Hbond substituents is 2. The fourth-order valence-electron chi connectivity index (χ4n) is 3.65. The molecule has 84 valence electrons. The number of ether oxygens (including phenoxy) is 1. The molecule has 0 aromatic heterocycles. The summed E-state index contributed by atoms with van der Waals surface area (Å²) >= 11 is 0. The number of rotatable bonds is 0. The number of hydrogen-bond donors (Lipinski definition) is 2. The van der Waals surface area contributed by atoms with E-state index in [2.05, 4.69) is 0 Å². The van der Waals surface area contributed by atoms with Crippen molar-refractivity contribution >= 4 is 0 Å². The molecule has 2 N–H and O–H groups in total. The van der Waals surface area contributed by atoms with Crippen molar-refractivity contribution in [3.05, 3.63) is 22.3 Å². The Kier molecular flexibility index (Phi) is 1.51. The van der Waals surface area contributed by atoms with Crippen LogP contribution in [0.5, 0.6) is 11.5 Å². The van der Waals surface area contributed by atoms with Gasteiger partial charge in [-0.05, 0) is 36.8 Å². The molecule has 2 aliphatic carbocycles. The van der Waals surface area contributed by atoms with Gasteiger partial charge in [-0.25, -0.2) is 0 Å². The third-order valence-electron chi connectivity index (χ3n) is 4.35. The minimum Gasteiger partial charge on any atom is -0.504 e. The summed E-state index contributed by atoms with van der Waals surface area (Å²) in [5, 5.41) is 20.0. The van der Waals surface area contributed by atoms with E-state index in [1.165, 1.54) is 11.1 Å². The third-order valence-corrected chi connectivity index (χ3v) is 4.35. The van der Waals surface area contributed by atoms with Gasteiger partial charge in [-0.15, -0.1) is 0 Å². The minimum atomic E-state index is 0.0480. The first kappa shape index (κ1) is 8.88. The molecule has 1 saturated heterocycles. The van der Waals surface area contributed by atoms with Crippen molar-refractivity contribution in [1.82, 2.24) is 0 Å². The molecular formula is C13H14O3. The van der Waals surface area contributed by atoms with Crippen molar-refractivity contribution in [3.63, 3.8) is 0 Å². The zero-order valence-electron chi connectivity index (χ0n) is 8.99. The molecule has 1 aromatic rings. The monoisotopic (exact) mass is 218 g/mol. The van der Waals surface area contributed by atoms with Gasteiger partial charge in [0.2, 0.25) is 0 Å². The van der Waals surface area contributed by atoms with Gasteiger partial charge >= 0.3 is 0 Å². The molecule has 3 aliphatic rings. The molecule has 1 aromatic carbocycles. The van der Waals surface area contributed by atoms with Crippen LogP contribution in [0, 0.1) is 0 Å². The minimum absolute atomic E-state index is 0.0480. The van der Waals surface area contributed by atoms with E-state index in [0.29, 0.717) is 5.92 Å². The average Bonchev–Trinajstić information content (AvgIpc) is 2.85. The number of fused-ring (bicyclic) bond motifs is 6. The lowest BCUT2D eigenvalue weighted by atomic mass is 9.70. The molecule has 1 fully saturated rings.